The summed E-state index contributed by atoms with van der Waals surface area (Å²) in [6.45, 7) is 0. The topological polar surface area (TPSA) is 38.7 Å². The van der Waals surface area contributed by atoms with E-state index < -0.39 is 0 Å². The Balaban J connectivity index is 1.28. The van der Waals surface area contributed by atoms with Gasteiger partial charge in [-0.1, -0.05) is 127 Å². The van der Waals surface area contributed by atoms with Crippen molar-refractivity contribution in [3.63, 3.8) is 0 Å². The van der Waals surface area contributed by atoms with Crippen LogP contribution in [0.25, 0.3) is 96.8 Å². The zero-order valence-electron chi connectivity index (χ0n) is 39.7. The van der Waals surface area contributed by atoms with Crippen LogP contribution in [0.1, 0.15) is 0 Å². The first kappa shape index (κ1) is 42.8. The second-order valence-electron chi connectivity index (χ2n) is 18.4. The van der Waals surface area contributed by atoms with E-state index in [0.717, 1.165) is 33.9 Å². The molecule has 7 aromatic carbocycles. The molecule has 0 spiro atoms. The molecule has 0 radical (unpaired) electrons. The molecule has 0 unspecified atom stereocenters. The number of rotatable bonds is 5. The summed E-state index contributed by atoms with van der Waals surface area (Å²) in [4.78, 5) is 16.8. The highest BCUT2D eigenvalue weighted by Crippen LogP contribution is 2.39. The first-order chi connectivity index (χ1) is 30.6. The Kier molecular flexibility index (Phi) is 10.6. The molecule has 64 heavy (non-hydrogen) atoms. The molecule has 0 N–H and O–H groups in total. The average Bonchev–Trinajstić information content (AvgIpc) is 3.91. The van der Waals surface area contributed by atoms with Crippen molar-refractivity contribution >= 4 is 249 Å². The summed E-state index contributed by atoms with van der Waals surface area (Å²) in [5.74, 6) is 2.14. The Labute approximate surface area is 397 Å². The van der Waals surface area contributed by atoms with Gasteiger partial charge in [0.1, 0.15) is 110 Å². The molecule has 0 amide bonds. The highest BCUT2D eigenvalue weighted by molar-refractivity contribution is 7.29. The second kappa shape index (κ2) is 15.8. The molecule has 3 aromatic heterocycles. The fraction of sp³-hybridized carbons (Fsp3) is 0. The summed E-state index contributed by atoms with van der Waals surface area (Å²) >= 11 is 3.84. The van der Waals surface area contributed by atoms with E-state index in [1.54, 1.807) is 0 Å². The van der Waals surface area contributed by atoms with Gasteiger partial charge in [0.05, 0.1) is 0 Å². The normalized spacial score (nSPS) is 11.7. The van der Waals surface area contributed by atoms with Gasteiger partial charge in [0, 0.05) is 40.9 Å². The van der Waals surface area contributed by atoms with E-state index in [9.17, 15) is 0 Å². The van der Waals surface area contributed by atoms with E-state index in [-0.39, 0.29) is 0 Å². The van der Waals surface area contributed by atoms with Crippen molar-refractivity contribution in [2.75, 3.05) is 0 Å². The van der Waals surface area contributed by atoms with Crippen LogP contribution < -0.4 is 76.5 Å². The van der Waals surface area contributed by atoms with Gasteiger partial charge in [-0.25, -0.2) is 15.0 Å². The highest BCUT2D eigenvalue weighted by atomic mass is 32.1. The van der Waals surface area contributed by atoms with Crippen LogP contribution in [0.2, 0.25) is 0 Å². The summed E-state index contributed by atoms with van der Waals surface area (Å²) in [5.41, 5.74) is 26.5. The highest BCUT2D eigenvalue weighted by Gasteiger charge is 2.27. The summed E-state index contributed by atoms with van der Waals surface area (Å²) in [6.07, 6.45) is 0. The number of thiophene rings is 2. The van der Waals surface area contributed by atoms with Crippen LogP contribution >= 0.6 is 22.7 Å². The van der Waals surface area contributed by atoms with Crippen molar-refractivity contribution in [1.29, 1.82) is 0 Å². The number of hydrogen-bond acceptors (Lipinski definition) is 5. The number of aromatic nitrogens is 3. The maximum Gasteiger partial charge on any atom is 0.164 e. The molecule has 0 atom stereocenters. The van der Waals surface area contributed by atoms with Crippen LogP contribution in [0.3, 0.4) is 0 Å². The molecule has 0 aliphatic carbocycles. The molecule has 3 heterocycles. The SMILES string of the molecule is Bc1c(B)c(B)c2c(sc3c(-c4nc(-c5ccc(-c6cccc(-c7ccccc7)c6)cc5)nc(-c5c(B)c(B)c(B)c6sc7c(B)c(B)c(B)c(B)c7c56)n4)c(B)c(B)c(B)c32)c1B. The summed E-state index contributed by atoms with van der Waals surface area (Å²) in [5, 5.41) is 5.30. The predicted octanol–water partition coefficient (Wildman–Crippen LogP) is -11.4. The first-order valence-electron chi connectivity index (χ1n) is 22.5. The third-order valence-electron chi connectivity index (χ3n) is 15.3. The number of hydrogen-bond donors (Lipinski definition) is 0. The Hall–Kier alpha value is -5.10. The molecule has 0 aliphatic rings. The maximum atomic E-state index is 5.68. The molecule has 10 aromatic rings. The first-order valence-corrected chi connectivity index (χ1v) is 24.1. The molecule has 0 saturated heterocycles. The Bertz CT molecular complexity index is 3670. The van der Waals surface area contributed by atoms with Crippen LogP contribution in [0.5, 0.6) is 0 Å². The zero-order chi connectivity index (χ0) is 45.2. The van der Waals surface area contributed by atoms with Crippen LogP contribution in [-0.2, 0) is 0 Å². The minimum absolute atomic E-state index is 0.681. The summed E-state index contributed by atoms with van der Waals surface area (Å²) in [7, 11) is 32.0. The third kappa shape index (κ3) is 6.38. The van der Waals surface area contributed by atoms with Crippen LogP contribution in [0.15, 0.2) is 78.9 Å². The van der Waals surface area contributed by atoms with E-state index >= 15 is 0 Å². The second-order valence-corrected chi connectivity index (χ2v) is 20.4. The molecular formula is C45H41B14N3S2. The minimum Gasteiger partial charge on any atom is -0.208 e. The lowest BCUT2D eigenvalue weighted by atomic mass is 9.64. The van der Waals surface area contributed by atoms with Gasteiger partial charge < -0.3 is 0 Å². The van der Waals surface area contributed by atoms with Gasteiger partial charge >= 0.3 is 0 Å². The molecule has 290 valence electrons. The van der Waals surface area contributed by atoms with Crippen LogP contribution in [0.4, 0.5) is 0 Å². The number of nitrogens with zero attached hydrogens (tertiary/aromatic N) is 3. The van der Waals surface area contributed by atoms with E-state index in [4.69, 9.17) is 15.0 Å². The van der Waals surface area contributed by atoms with Crippen molar-refractivity contribution in [3.05, 3.63) is 78.9 Å². The molecule has 0 aliphatic heterocycles. The van der Waals surface area contributed by atoms with Crippen molar-refractivity contribution in [2.45, 2.75) is 0 Å². The minimum atomic E-state index is 0.681. The number of benzene rings is 7. The maximum absolute atomic E-state index is 5.68. The molecule has 3 nitrogen and oxygen atoms in total. The lowest BCUT2D eigenvalue weighted by molar-refractivity contribution is 1.08. The summed E-state index contributed by atoms with van der Waals surface area (Å²) in [6, 6.07) is 28.2. The Morgan fingerprint density at radius 1 is 0.266 bits per heavy atom. The van der Waals surface area contributed by atoms with E-state index in [2.05, 4.69) is 189 Å². The lowest BCUT2D eigenvalue weighted by Gasteiger charge is -2.19. The van der Waals surface area contributed by atoms with Gasteiger partial charge in [0.25, 0.3) is 0 Å². The van der Waals surface area contributed by atoms with Gasteiger partial charge in [-0.3, -0.25) is 0 Å². The molecule has 10 rings (SSSR count). The Morgan fingerprint density at radius 3 is 1.19 bits per heavy atom. The molecule has 19 heteroatoms. The molecule has 0 bridgehead atoms. The van der Waals surface area contributed by atoms with Crippen molar-refractivity contribution in [1.82, 2.24) is 15.0 Å². The van der Waals surface area contributed by atoms with Gasteiger partial charge in [0.2, 0.25) is 0 Å². The standard InChI is InChI=1S/C45H41B14N3S2/c46-25-20-19-23(28(49)33(54)36(57)40(19)64-41(20)37(58)34(55)31(25)52)44-60-43(16-11-9-15(10-12-16)18-8-4-7-17(13-18)14-5-2-1-3-6-14)61-45(62-44)24-29(50)30(51)26(47)21-22-27(48)32(53)35(56)38(59)42(22)63-39(21)24/h1-13H,46-59H2. The van der Waals surface area contributed by atoms with Crippen LogP contribution in [-0.4, -0.2) is 125 Å². The lowest BCUT2D eigenvalue weighted by Crippen LogP contribution is -2.47. The predicted molar refractivity (Wildman–Crippen MR) is 327 cm³/mol. The fourth-order valence-electron chi connectivity index (χ4n) is 10.2. The quantitative estimate of drug-likeness (QED) is 0.162. The molecule has 0 saturated carbocycles. The molecule has 0 fully saturated rings. The van der Waals surface area contributed by atoms with E-state index in [0.29, 0.717) is 5.82 Å². The van der Waals surface area contributed by atoms with Crippen molar-refractivity contribution in [2.24, 2.45) is 0 Å². The van der Waals surface area contributed by atoms with Crippen molar-refractivity contribution in [3.8, 4) is 56.4 Å². The van der Waals surface area contributed by atoms with Gasteiger partial charge in [-0.05, 0) is 44.5 Å². The monoisotopic (exact) mass is 841 g/mol. The van der Waals surface area contributed by atoms with Gasteiger partial charge in [-0.15, -0.1) is 44.5 Å². The third-order valence-corrected chi connectivity index (χ3v) is 18.1. The Morgan fingerprint density at radius 2 is 0.625 bits per heavy atom. The van der Waals surface area contributed by atoms with Gasteiger partial charge in [-0.2, -0.15) is 0 Å². The zero-order valence-corrected chi connectivity index (χ0v) is 41.3. The average molecular weight is 839 g/mol. The summed E-state index contributed by atoms with van der Waals surface area (Å²) < 4.78 is 5.30. The largest absolute Gasteiger partial charge is 0.208 e. The smallest absolute Gasteiger partial charge is 0.164 e. The van der Waals surface area contributed by atoms with Crippen molar-refractivity contribution < 1.29 is 0 Å². The van der Waals surface area contributed by atoms with Crippen LogP contribution in [0, 0.1) is 0 Å². The number of fused-ring (bicyclic) bond motifs is 6. The van der Waals surface area contributed by atoms with Gasteiger partial charge in [0.15, 0.2) is 17.5 Å². The molecular weight excluding hydrogens is 798 g/mol. The van der Waals surface area contributed by atoms with E-state index in [1.807, 2.05) is 22.7 Å². The fourth-order valence-corrected chi connectivity index (χ4v) is 13.3. The van der Waals surface area contributed by atoms with E-state index in [1.165, 1.54) is 134 Å².